The van der Waals surface area contributed by atoms with Crippen LogP contribution in [0.4, 0.5) is 5.69 Å². The Kier molecular flexibility index (Phi) is 8.63. The number of thioether (sulfide) groups is 1. The van der Waals surface area contributed by atoms with Crippen LogP contribution in [0.15, 0.2) is 71.9 Å². The van der Waals surface area contributed by atoms with Crippen molar-refractivity contribution in [3.63, 3.8) is 0 Å². The fourth-order valence-corrected chi connectivity index (χ4v) is 4.86. The van der Waals surface area contributed by atoms with Gasteiger partial charge in [-0.2, -0.15) is 0 Å². The Morgan fingerprint density at radius 2 is 1.57 bits per heavy atom. The zero-order valence-corrected chi connectivity index (χ0v) is 22.6. The lowest BCUT2D eigenvalue weighted by Gasteiger charge is -2.15. The molecular weight excluding hydrogens is 510 g/mol. The average molecular weight is 538 g/mol. The van der Waals surface area contributed by atoms with E-state index in [1.165, 1.54) is 11.8 Å². The minimum absolute atomic E-state index is 0.165. The van der Waals surface area contributed by atoms with E-state index in [1.807, 2.05) is 55.5 Å². The lowest BCUT2D eigenvalue weighted by Crippen LogP contribution is -2.25. The van der Waals surface area contributed by atoms with E-state index in [0.29, 0.717) is 28.0 Å². The first-order valence-electron chi connectivity index (χ1n) is 11.7. The number of aromatic nitrogens is 2. The molecule has 4 aromatic rings. The van der Waals surface area contributed by atoms with E-state index in [1.54, 1.807) is 39.5 Å². The van der Waals surface area contributed by atoms with E-state index in [0.717, 1.165) is 34.0 Å². The molecule has 37 heavy (non-hydrogen) atoms. The van der Waals surface area contributed by atoms with Gasteiger partial charge in [0.25, 0.3) is 0 Å². The van der Waals surface area contributed by atoms with Crippen LogP contribution in [0.25, 0.3) is 22.5 Å². The number of carbonyl (C=O) groups excluding carboxylic acids is 1. The van der Waals surface area contributed by atoms with Gasteiger partial charge >= 0.3 is 0 Å². The predicted octanol–water partition coefficient (Wildman–Crippen LogP) is 6.93. The number of ether oxygens (including phenoxy) is 3. The summed E-state index contributed by atoms with van der Waals surface area (Å²) in [5.74, 6) is 1.91. The van der Waals surface area contributed by atoms with Gasteiger partial charge in [-0.3, -0.25) is 4.79 Å². The van der Waals surface area contributed by atoms with Gasteiger partial charge in [0.15, 0.2) is 5.16 Å². The second-order valence-electron chi connectivity index (χ2n) is 8.07. The number of amides is 1. The number of carbonyl (C=O) groups is 1. The van der Waals surface area contributed by atoms with Gasteiger partial charge in [0, 0.05) is 16.1 Å². The summed E-state index contributed by atoms with van der Waals surface area (Å²) in [6.45, 7) is 1.96. The highest BCUT2D eigenvalue weighted by Crippen LogP contribution is 2.36. The number of anilines is 1. The van der Waals surface area contributed by atoms with Crippen LogP contribution >= 0.6 is 23.4 Å². The molecule has 0 aliphatic heterocycles. The van der Waals surface area contributed by atoms with Crippen molar-refractivity contribution in [3.8, 4) is 39.8 Å². The van der Waals surface area contributed by atoms with Crippen LogP contribution in [-0.4, -0.2) is 42.5 Å². The first-order valence-corrected chi connectivity index (χ1v) is 12.9. The van der Waals surface area contributed by atoms with Gasteiger partial charge in [0.05, 0.1) is 43.7 Å². The first kappa shape index (κ1) is 26.4. The maximum atomic E-state index is 13.2. The third kappa shape index (κ3) is 6.21. The number of imidazole rings is 1. The zero-order chi connectivity index (χ0) is 26.4. The molecule has 0 spiro atoms. The minimum atomic E-state index is -0.401. The number of methoxy groups -OCH3 is 3. The summed E-state index contributed by atoms with van der Waals surface area (Å²) in [7, 11) is 4.82. The summed E-state index contributed by atoms with van der Waals surface area (Å²) < 4.78 is 16.0. The second kappa shape index (κ2) is 12.1. The standard InChI is InChI=1S/C28H28ClN3O4S/c1-5-24(27(33)30-22-16-19(29)10-15-23(22)36-4)37-28-31-25(17-6-11-20(34-2)12-7-17)26(32-28)18-8-13-21(35-3)14-9-18/h6-16,24H,5H2,1-4H3,(H,30,33)(H,31,32). The molecule has 3 aromatic carbocycles. The Morgan fingerprint density at radius 3 is 2.14 bits per heavy atom. The van der Waals surface area contributed by atoms with Crippen molar-refractivity contribution in [1.29, 1.82) is 0 Å². The van der Waals surface area contributed by atoms with Crippen molar-refractivity contribution < 1.29 is 19.0 Å². The van der Waals surface area contributed by atoms with E-state index in [9.17, 15) is 4.79 Å². The molecule has 0 saturated heterocycles. The third-order valence-corrected chi connectivity index (χ3v) is 7.24. The van der Waals surface area contributed by atoms with Gasteiger partial charge in [0.1, 0.15) is 17.2 Å². The van der Waals surface area contributed by atoms with Gasteiger partial charge in [-0.1, -0.05) is 30.3 Å². The molecule has 0 aliphatic carbocycles. The Balaban J connectivity index is 1.64. The molecule has 2 N–H and O–H groups in total. The fraction of sp³-hybridized carbons (Fsp3) is 0.214. The zero-order valence-electron chi connectivity index (χ0n) is 21.0. The Bertz CT molecular complexity index is 1290. The van der Waals surface area contributed by atoms with E-state index in [4.69, 9.17) is 30.8 Å². The number of rotatable bonds is 10. The number of benzene rings is 3. The highest BCUT2D eigenvalue weighted by molar-refractivity contribution is 8.00. The Hall–Kier alpha value is -3.62. The van der Waals surface area contributed by atoms with Crippen molar-refractivity contribution in [2.75, 3.05) is 26.6 Å². The van der Waals surface area contributed by atoms with Crippen LogP contribution in [0, 0.1) is 0 Å². The van der Waals surface area contributed by atoms with Crippen molar-refractivity contribution in [1.82, 2.24) is 9.97 Å². The fourth-order valence-electron chi connectivity index (χ4n) is 3.78. The highest BCUT2D eigenvalue weighted by Gasteiger charge is 2.23. The lowest BCUT2D eigenvalue weighted by molar-refractivity contribution is -0.115. The topological polar surface area (TPSA) is 85.5 Å². The quantitative estimate of drug-likeness (QED) is 0.213. The number of aromatic amines is 1. The van der Waals surface area contributed by atoms with Crippen LogP contribution in [0.3, 0.4) is 0 Å². The van der Waals surface area contributed by atoms with Crippen LogP contribution in [0.5, 0.6) is 17.2 Å². The molecule has 7 nitrogen and oxygen atoms in total. The van der Waals surface area contributed by atoms with E-state index in [-0.39, 0.29) is 5.91 Å². The third-order valence-electron chi connectivity index (χ3n) is 5.76. The number of nitrogens with one attached hydrogen (secondary N) is 2. The maximum Gasteiger partial charge on any atom is 0.238 e. The molecule has 0 saturated carbocycles. The molecule has 1 amide bonds. The normalized spacial score (nSPS) is 11.6. The van der Waals surface area contributed by atoms with Crippen molar-refractivity contribution >= 4 is 35.0 Å². The van der Waals surface area contributed by atoms with Crippen LogP contribution < -0.4 is 19.5 Å². The molecule has 1 aromatic heterocycles. The predicted molar refractivity (Wildman–Crippen MR) is 149 cm³/mol. The summed E-state index contributed by atoms with van der Waals surface area (Å²) in [6, 6.07) is 20.6. The highest BCUT2D eigenvalue weighted by atomic mass is 35.5. The number of hydrogen-bond donors (Lipinski definition) is 2. The van der Waals surface area contributed by atoms with Gasteiger partial charge in [-0.25, -0.2) is 4.98 Å². The maximum absolute atomic E-state index is 13.2. The second-order valence-corrected chi connectivity index (χ2v) is 9.70. The van der Waals surface area contributed by atoms with Crippen LogP contribution in [-0.2, 0) is 4.79 Å². The molecule has 0 fully saturated rings. The molecular formula is C28H28ClN3O4S. The van der Waals surface area contributed by atoms with E-state index in [2.05, 4.69) is 10.3 Å². The summed E-state index contributed by atoms with van der Waals surface area (Å²) in [4.78, 5) is 21.5. The van der Waals surface area contributed by atoms with Crippen molar-refractivity contribution in [2.45, 2.75) is 23.8 Å². The van der Waals surface area contributed by atoms with Gasteiger partial charge in [-0.15, -0.1) is 0 Å². The lowest BCUT2D eigenvalue weighted by atomic mass is 10.0. The first-order chi connectivity index (χ1) is 17.9. The SMILES string of the molecule is CCC(Sc1nc(-c2ccc(OC)cc2)c(-c2ccc(OC)cc2)[nH]1)C(=O)Nc1cc(Cl)ccc1OC. The number of hydrogen-bond acceptors (Lipinski definition) is 6. The molecule has 1 heterocycles. The smallest absolute Gasteiger partial charge is 0.238 e. The number of nitrogens with zero attached hydrogens (tertiary/aromatic N) is 1. The average Bonchev–Trinajstić information content (AvgIpc) is 3.35. The van der Waals surface area contributed by atoms with Gasteiger partial charge < -0.3 is 24.5 Å². The van der Waals surface area contributed by atoms with E-state index >= 15 is 0 Å². The molecule has 192 valence electrons. The molecule has 4 rings (SSSR count). The van der Waals surface area contributed by atoms with Crippen LogP contribution in [0.2, 0.25) is 5.02 Å². The minimum Gasteiger partial charge on any atom is -0.497 e. The molecule has 0 aliphatic rings. The van der Waals surface area contributed by atoms with Gasteiger partial charge in [-0.05, 0) is 73.2 Å². The number of H-pyrrole nitrogens is 1. The Labute approximate surface area is 225 Å². The summed E-state index contributed by atoms with van der Waals surface area (Å²) in [6.07, 6.45) is 0.593. The molecule has 9 heteroatoms. The largest absolute Gasteiger partial charge is 0.497 e. The van der Waals surface area contributed by atoms with Crippen LogP contribution in [0.1, 0.15) is 13.3 Å². The molecule has 1 unspecified atom stereocenters. The van der Waals surface area contributed by atoms with E-state index < -0.39 is 5.25 Å². The summed E-state index contributed by atoms with van der Waals surface area (Å²) in [5.41, 5.74) is 4.03. The molecule has 0 radical (unpaired) electrons. The monoisotopic (exact) mass is 537 g/mol. The van der Waals surface area contributed by atoms with Crippen molar-refractivity contribution in [3.05, 3.63) is 71.8 Å². The summed E-state index contributed by atoms with van der Waals surface area (Å²) in [5, 5.41) is 3.69. The van der Waals surface area contributed by atoms with Gasteiger partial charge in [0.2, 0.25) is 5.91 Å². The summed E-state index contributed by atoms with van der Waals surface area (Å²) >= 11 is 7.50. The number of halogens is 1. The van der Waals surface area contributed by atoms with Crippen molar-refractivity contribution in [2.24, 2.45) is 0 Å². The molecule has 0 bridgehead atoms. The molecule has 1 atom stereocenters. The Morgan fingerprint density at radius 1 is 0.946 bits per heavy atom.